The third-order valence-corrected chi connectivity index (χ3v) is 8.70. The van der Waals surface area contributed by atoms with E-state index in [0.29, 0.717) is 32.9 Å². The van der Waals surface area contributed by atoms with E-state index in [0.717, 1.165) is 17.1 Å². The van der Waals surface area contributed by atoms with Gasteiger partial charge in [0.05, 0.1) is 10.6 Å². The standard InChI is InChI=1S/C28H30Cl3N3O4S/c1-3-4-16-32-28(36)20(2)33(18-21-10-11-23(30)17-26(21)31)27(35)19-34(24-8-6-5-7-9-24)39(37,38)25-14-12-22(29)13-15-25/h5-15,17,20H,3-4,16,18-19H2,1-2H3,(H,32,36). The number of hydrogen-bond acceptors (Lipinski definition) is 4. The first-order chi connectivity index (χ1) is 18.5. The summed E-state index contributed by atoms with van der Waals surface area (Å²) in [4.78, 5) is 28.2. The number of nitrogens with one attached hydrogen (secondary N) is 1. The lowest BCUT2D eigenvalue weighted by Gasteiger charge is -2.32. The van der Waals surface area contributed by atoms with E-state index in [1.165, 1.54) is 29.2 Å². The molecule has 0 aromatic heterocycles. The SMILES string of the molecule is CCCCNC(=O)C(C)N(Cc1ccc(Cl)cc1Cl)C(=O)CN(c1ccccc1)S(=O)(=O)c1ccc(Cl)cc1. The van der Waals surface area contributed by atoms with Crippen molar-refractivity contribution in [2.45, 2.75) is 44.2 Å². The molecule has 1 unspecified atom stereocenters. The van der Waals surface area contributed by atoms with Gasteiger partial charge in [0.15, 0.2) is 0 Å². The molecule has 3 rings (SSSR count). The van der Waals surface area contributed by atoms with Crippen LogP contribution in [0.3, 0.4) is 0 Å². The number of carbonyl (C=O) groups is 2. The van der Waals surface area contributed by atoms with Gasteiger partial charge in [-0.05, 0) is 67.4 Å². The van der Waals surface area contributed by atoms with Crippen molar-refractivity contribution in [3.8, 4) is 0 Å². The summed E-state index contributed by atoms with van der Waals surface area (Å²) in [5.41, 5.74) is 0.861. The maximum absolute atomic E-state index is 13.9. The molecule has 11 heteroatoms. The lowest BCUT2D eigenvalue weighted by Crippen LogP contribution is -2.51. The summed E-state index contributed by atoms with van der Waals surface area (Å²) in [7, 11) is -4.17. The molecule has 39 heavy (non-hydrogen) atoms. The van der Waals surface area contributed by atoms with Crippen LogP contribution in [0.15, 0.2) is 77.7 Å². The highest BCUT2D eigenvalue weighted by atomic mass is 35.5. The van der Waals surface area contributed by atoms with Gasteiger partial charge < -0.3 is 10.2 Å². The molecule has 0 saturated carbocycles. The van der Waals surface area contributed by atoms with E-state index in [1.54, 1.807) is 55.5 Å². The quantitative estimate of drug-likeness (QED) is 0.248. The van der Waals surface area contributed by atoms with Crippen molar-refractivity contribution in [1.82, 2.24) is 10.2 Å². The van der Waals surface area contributed by atoms with Crippen molar-refractivity contribution in [3.63, 3.8) is 0 Å². The summed E-state index contributed by atoms with van der Waals surface area (Å²) in [6.07, 6.45) is 1.68. The molecule has 1 atom stereocenters. The van der Waals surface area contributed by atoms with Crippen LogP contribution >= 0.6 is 34.8 Å². The highest BCUT2D eigenvalue weighted by Crippen LogP contribution is 2.27. The minimum absolute atomic E-state index is 0.0267. The van der Waals surface area contributed by atoms with E-state index in [1.807, 2.05) is 6.92 Å². The Balaban J connectivity index is 1.99. The van der Waals surface area contributed by atoms with Crippen molar-refractivity contribution in [1.29, 1.82) is 0 Å². The van der Waals surface area contributed by atoms with Crippen LogP contribution < -0.4 is 9.62 Å². The van der Waals surface area contributed by atoms with Gasteiger partial charge in [-0.25, -0.2) is 8.42 Å². The molecule has 7 nitrogen and oxygen atoms in total. The Bertz CT molecular complexity index is 1390. The Morgan fingerprint density at radius 3 is 2.18 bits per heavy atom. The predicted molar refractivity (Wildman–Crippen MR) is 157 cm³/mol. The average molecular weight is 611 g/mol. The summed E-state index contributed by atoms with van der Waals surface area (Å²) in [6.45, 7) is 3.49. The Kier molecular flexibility index (Phi) is 11.1. The van der Waals surface area contributed by atoms with E-state index >= 15 is 0 Å². The molecular weight excluding hydrogens is 581 g/mol. The van der Waals surface area contributed by atoms with Crippen LogP contribution in [-0.2, 0) is 26.2 Å². The second-order valence-corrected chi connectivity index (χ2v) is 12.0. The fourth-order valence-electron chi connectivity index (χ4n) is 3.81. The number of rotatable bonds is 12. The number of para-hydroxylation sites is 1. The largest absolute Gasteiger partial charge is 0.354 e. The molecule has 0 aliphatic carbocycles. The van der Waals surface area contributed by atoms with Gasteiger partial charge in [-0.15, -0.1) is 0 Å². The molecule has 0 aliphatic heterocycles. The number of hydrogen-bond donors (Lipinski definition) is 1. The van der Waals surface area contributed by atoms with Crippen LogP contribution in [-0.4, -0.2) is 44.3 Å². The molecule has 3 aromatic carbocycles. The molecule has 0 saturated heterocycles. The van der Waals surface area contributed by atoms with E-state index in [2.05, 4.69) is 5.32 Å². The minimum atomic E-state index is -4.17. The monoisotopic (exact) mass is 609 g/mol. The highest BCUT2D eigenvalue weighted by molar-refractivity contribution is 7.92. The number of benzene rings is 3. The van der Waals surface area contributed by atoms with Crippen molar-refractivity contribution >= 4 is 62.3 Å². The average Bonchev–Trinajstić information content (AvgIpc) is 2.91. The van der Waals surface area contributed by atoms with E-state index in [-0.39, 0.29) is 17.3 Å². The van der Waals surface area contributed by atoms with Gasteiger partial charge in [0.1, 0.15) is 12.6 Å². The lowest BCUT2D eigenvalue weighted by molar-refractivity contribution is -0.139. The summed E-state index contributed by atoms with van der Waals surface area (Å²) in [5, 5.41) is 3.98. The topological polar surface area (TPSA) is 86.8 Å². The highest BCUT2D eigenvalue weighted by Gasteiger charge is 2.32. The molecule has 2 amide bonds. The maximum Gasteiger partial charge on any atom is 0.264 e. The summed E-state index contributed by atoms with van der Waals surface area (Å²) < 4.78 is 28.5. The first-order valence-corrected chi connectivity index (χ1v) is 15.0. The summed E-state index contributed by atoms with van der Waals surface area (Å²) >= 11 is 18.4. The smallest absolute Gasteiger partial charge is 0.264 e. The van der Waals surface area contributed by atoms with Gasteiger partial charge in [0, 0.05) is 28.2 Å². The van der Waals surface area contributed by atoms with E-state index in [9.17, 15) is 18.0 Å². The Morgan fingerprint density at radius 2 is 1.56 bits per heavy atom. The normalized spacial score (nSPS) is 12.0. The fraction of sp³-hybridized carbons (Fsp3) is 0.286. The molecule has 0 spiro atoms. The molecule has 0 aliphatic rings. The maximum atomic E-state index is 13.9. The van der Waals surface area contributed by atoms with Gasteiger partial charge in [-0.3, -0.25) is 13.9 Å². The van der Waals surface area contributed by atoms with Gasteiger partial charge in [-0.2, -0.15) is 0 Å². The third kappa shape index (κ3) is 8.11. The minimum Gasteiger partial charge on any atom is -0.354 e. The molecule has 0 heterocycles. The van der Waals surface area contributed by atoms with Gasteiger partial charge in [0.2, 0.25) is 11.8 Å². The molecule has 0 fully saturated rings. The zero-order valence-electron chi connectivity index (χ0n) is 21.6. The van der Waals surface area contributed by atoms with Crippen LogP contribution in [0, 0.1) is 0 Å². The van der Waals surface area contributed by atoms with Crippen LogP contribution in [0.5, 0.6) is 0 Å². The van der Waals surface area contributed by atoms with E-state index < -0.39 is 28.5 Å². The number of carbonyl (C=O) groups excluding carboxylic acids is 2. The third-order valence-electron chi connectivity index (χ3n) is 6.08. The first kappa shape index (κ1) is 30.8. The van der Waals surface area contributed by atoms with Crippen LogP contribution in [0.25, 0.3) is 0 Å². The number of sulfonamides is 1. The Morgan fingerprint density at radius 1 is 0.923 bits per heavy atom. The van der Waals surface area contributed by atoms with Gasteiger partial charge in [-0.1, -0.05) is 72.4 Å². The zero-order valence-corrected chi connectivity index (χ0v) is 24.7. The summed E-state index contributed by atoms with van der Waals surface area (Å²) in [5.74, 6) is -0.936. The van der Waals surface area contributed by atoms with Crippen LogP contribution in [0.4, 0.5) is 5.69 Å². The molecule has 0 radical (unpaired) electrons. The van der Waals surface area contributed by atoms with Crippen molar-refractivity contribution < 1.29 is 18.0 Å². The zero-order chi connectivity index (χ0) is 28.6. The van der Waals surface area contributed by atoms with Crippen molar-refractivity contribution in [3.05, 3.63) is 93.4 Å². The van der Waals surface area contributed by atoms with E-state index in [4.69, 9.17) is 34.8 Å². The molecule has 0 bridgehead atoms. The number of nitrogens with zero attached hydrogens (tertiary/aromatic N) is 2. The second-order valence-electron chi connectivity index (χ2n) is 8.88. The van der Waals surface area contributed by atoms with Crippen molar-refractivity contribution in [2.75, 3.05) is 17.4 Å². The summed E-state index contributed by atoms with van der Waals surface area (Å²) in [6, 6.07) is 18.0. The molecule has 3 aromatic rings. The predicted octanol–water partition coefficient (Wildman–Crippen LogP) is 6.18. The Hall–Kier alpha value is -2.78. The lowest BCUT2D eigenvalue weighted by atomic mass is 10.1. The van der Waals surface area contributed by atoms with Crippen LogP contribution in [0.1, 0.15) is 32.3 Å². The first-order valence-electron chi connectivity index (χ1n) is 12.4. The number of anilines is 1. The number of amides is 2. The second kappa shape index (κ2) is 14.0. The fourth-order valence-corrected chi connectivity index (χ4v) is 5.82. The van der Waals surface area contributed by atoms with Gasteiger partial charge >= 0.3 is 0 Å². The Labute approximate surface area is 244 Å². The van der Waals surface area contributed by atoms with Crippen molar-refractivity contribution in [2.24, 2.45) is 0 Å². The van der Waals surface area contributed by atoms with Crippen LogP contribution in [0.2, 0.25) is 15.1 Å². The molecule has 1 N–H and O–H groups in total. The number of halogens is 3. The van der Waals surface area contributed by atoms with Gasteiger partial charge in [0.25, 0.3) is 10.0 Å². The number of unbranched alkanes of at least 4 members (excludes halogenated alkanes) is 1. The molecular formula is C28H30Cl3N3O4S. The molecule has 208 valence electrons.